The van der Waals surface area contributed by atoms with Gasteiger partial charge in [-0.25, -0.2) is 0 Å². The summed E-state index contributed by atoms with van der Waals surface area (Å²) >= 11 is 0. The van der Waals surface area contributed by atoms with E-state index < -0.39 is 0 Å². The summed E-state index contributed by atoms with van der Waals surface area (Å²) in [6, 6.07) is 0.0519. The Morgan fingerprint density at radius 2 is 1.52 bits per heavy atom. The molecule has 0 aromatic carbocycles. The van der Waals surface area contributed by atoms with Crippen LogP contribution in [-0.2, 0) is 18.9 Å². The first-order valence-electron chi connectivity index (χ1n) is 7.87. The SMILES string of the molecule is CCCCOCCOCCOCCN(C)CC(N)COC. The largest absolute Gasteiger partial charge is 0.383 e. The second kappa shape index (κ2) is 16.1. The Kier molecular flexibility index (Phi) is 16.0. The van der Waals surface area contributed by atoms with Gasteiger partial charge in [-0.1, -0.05) is 13.3 Å². The maximum atomic E-state index is 5.87. The fraction of sp³-hybridized carbons (Fsp3) is 1.00. The molecule has 2 N–H and O–H groups in total. The summed E-state index contributed by atoms with van der Waals surface area (Å²) in [5.41, 5.74) is 5.87. The Balaban J connectivity index is 3.17. The molecule has 21 heavy (non-hydrogen) atoms. The molecule has 0 bridgehead atoms. The van der Waals surface area contributed by atoms with Crippen molar-refractivity contribution in [3.05, 3.63) is 0 Å². The van der Waals surface area contributed by atoms with Crippen molar-refractivity contribution >= 4 is 0 Å². The fourth-order valence-electron chi connectivity index (χ4n) is 1.77. The van der Waals surface area contributed by atoms with E-state index >= 15 is 0 Å². The van der Waals surface area contributed by atoms with Gasteiger partial charge in [0.05, 0.1) is 39.6 Å². The van der Waals surface area contributed by atoms with Crippen LogP contribution in [0.4, 0.5) is 0 Å². The van der Waals surface area contributed by atoms with Gasteiger partial charge in [-0.15, -0.1) is 0 Å². The molecule has 0 rings (SSSR count). The van der Waals surface area contributed by atoms with Gasteiger partial charge in [-0.3, -0.25) is 0 Å². The summed E-state index contributed by atoms with van der Waals surface area (Å²) in [5, 5.41) is 0. The Hall–Kier alpha value is -0.240. The average molecular weight is 306 g/mol. The number of methoxy groups -OCH3 is 1. The van der Waals surface area contributed by atoms with Crippen molar-refractivity contribution in [2.75, 3.05) is 73.5 Å². The molecule has 0 radical (unpaired) electrons. The van der Waals surface area contributed by atoms with E-state index in [1.165, 1.54) is 6.42 Å². The molecule has 0 aliphatic rings. The molecule has 0 aliphatic carbocycles. The fourth-order valence-corrected chi connectivity index (χ4v) is 1.77. The third-order valence-corrected chi connectivity index (χ3v) is 2.93. The van der Waals surface area contributed by atoms with Gasteiger partial charge < -0.3 is 29.6 Å². The van der Waals surface area contributed by atoms with E-state index in [9.17, 15) is 0 Å². The second-order valence-corrected chi connectivity index (χ2v) is 5.17. The summed E-state index contributed by atoms with van der Waals surface area (Å²) < 4.78 is 21.3. The summed E-state index contributed by atoms with van der Waals surface area (Å²) in [5.74, 6) is 0. The van der Waals surface area contributed by atoms with Crippen molar-refractivity contribution in [3.8, 4) is 0 Å². The molecular weight excluding hydrogens is 272 g/mol. The van der Waals surface area contributed by atoms with Crippen LogP contribution < -0.4 is 5.73 Å². The second-order valence-electron chi connectivity index (χ2n) is 5.17. The third-order valence-electron chi connectivity index (χ3n) is 2.93. The average Bonchev–Trinajstić information content (AvgIpc) is 2.45. The van der Waals surface area contributed by atoms with Gasteiger partial charge in [0.25, 0.3) is 0 Å². The molecule has 0 saturated carbocycles. The van der Waals surface area contributed by atoms with Gasteiger partial charge >= 0.3 is 0 Å². The Morgan fingerprint density at radius 1 is 0.952 bits per heavy atom. The van der Waals surface area contributed by atoms with E-state index in [0.717, 1.165) is 26.1 Å². The highest BCUT2D eigenvalue weighted by molar-refractivity contribution is 4.64. The molecule has 0 fully saturated rings. The van der Waals surface area contributed by atoms with Gasteiger partial charge in [0.2, 0.25) is 0 Å². The minimum Gasteiger partial charge on any atom is -0.383 e. The first-order valence-corrected chi connectivity index (χ1v) is 7.87. The molecule has 128 valence electrons. The zero-order valence-corrected chi connectivity index (χ0v) is 14.0. The van der Waals surface area contributed by atoms with E-state index in [-0.39, 0.29) is 6.04 Å². The number of rotatable bonds is 16. The van der Waals surface area contributed by atoms with Crippen molar-refractivity contribution in [1.29, 1.82) is 0 Å². The lowest BCUT2D eigenvalue weighted by atomic mass is 10.3. The number of nitrogens with zero attached hydrogens (tertiary/aromatic N) is 1. The monoisotopic (exact) mass is 306 g/mol. The van der Waals surface area contributed by atoms with Crippen molar-refractivity contribution < 1.29 is 18.9 Å². The van der Waals surface area contributed by atoms with Gasteiger partial charge in [0, 0.05) is 32.8 Å². The normalized spacial score (nSPS) is 13.0. The van der Waals surface area contributed by atoms with E-state index in [0.29, 0.717) is 39.6 Å². The predicted molar refractivity (Wildman–Crippen MR) is 84.7 cm³/mol. The molecule has 0 amide bonds. The molecule has 1 atom stereocenters. The number of likely N-dealkylation sites (N-methyl/N-ethyl adjacent to an activating group) is 1. The number of ether oxygens (including phenoxy) is 4. The van der Waals surface area contributed by atoms with E-state index in [1.807, 2.05) is 7.05 Å². The van der Waals surface area contributed by atoms with Crippen LogP contribution in [0.25, 0.3) is 0 Å². The minimum atomic E-state index is 0.0519. The van der Waals surface area contributed by atoms with Crippen molar-refractivity contribution in [2.24, 2.45) is 5.73 Å². The number of nitrogens with two attached hydrogens (primary N) is 1. The zero-order chi connectivity index (χ0) is 15.8. The summed E-state index contributed by atoms with van der Waals surface area (Å²) in [4.78, 5) is 2.14. The Labute approximate surface area is 129 Å². The standard InChI is InChI=1S/C15H34N2O4/c1-4-5-7-19-9-11-21-12-10-20-8-6-17(2)13-15(16)14-18-3/h15H,4-14,16H2,1-3H3. The minimum absolute atomic E-state index is 0.0519. The maximum Gasteiger partial charge on any atom is 0.0701 e. The van der Waals surface area contributed by atoms with Crippen LogP contribution in [0.2, 0.25) is 0 Å². The van der Waals surface area contributed by atoms with E-state index in [1.54, 1.807) is 7.11 Å². The predicted octanol–water partition coefficient (Wildman–Crippen LogP) is 0.742. The highest BCUT2D eigenvalue weighted by atomic mass is 16.5. The first kappa shape index (κ1) is 20.8. The number of unbranched alkanes of at least 4 members (excludes halogenated alkanes) is 1. The molecule has 0 aromatic rings. The lowest BCUT2D eigenvalue weighted by Crippen LogP contribution is -2.39. The van der Waals surface area contributed by atoms with Crippen LogP contribution in [0.5, 0.6) is 0 Å². The molecule has 0 aliphatic heterocycles. The van der Waals surface area contributed by atoms with Crippen LogP contribution >= 0.6 is 0 Å². The van der Waals surface area contributed by atoms with Crippen LogP contribution in [0.1, 0.15) is 19.8 Å². The lowest BCUT2D eigenvalue weighted by molar-refractivity contribution is 0.0107. The van der Waals surface area contributed by atoms with Gasteiger partial charge in [-0.05, 0) is 13.5 Å². The highest BCUT2D eigenvalue weighted by Gasteiger charge is 2.05. The highest BCUT2D eigenvalue weighted by Crippen LogP contribution is 1.90. The van der Waals surface area contributed by atoms with Gasteiger partial charge in [-0.2, -0.15) is 0 Å². The van der Waals surface area contributed by atoms with E-state index in [2.05, 4.69) is 11.8 Å². The van der Waals surface area contributed by atoms with Gasteiger partial charge in [0.1, 0.15) is 0 Å². The Bertz CT molecular complexity index is 208. The lowest BCUT2D eigenvalue weighted by Gasteiger charge is -2.20. The van der Waals surface area contributed by atoms with E-state index in [4.69, 9.17) is 24.7 Å². The third kappa shape index (κ3) is 16.0. The van der Waals surface area contributed by atoms with Crippen LogP contribution in [0.3, 0.4) is 0 Å². The molecule has 0 spiro atoms. The van der Waals surface area contributed by atoms with Crippen molar-refractivity contribution in [3.63, 3.8) is 0 Å². The first-order chi connectivity index (χ1) is 10.2. The molecule has 0 aromatic heterocycles. The number of hydrogen-bond donors (Lipinski definition) is 1. The zero-order valence-electron chi connectivity index (χ0n) is 14.0. The van der Waals surface area contributed by atoms with Crippen LogP contribution in [-0.4, -0.2) is 84.4 Å². The molecule has 6 nitrogen and oxygen atoms in total. The van der Waals surface area contributed by atoms with Crippen molar-refractivity contribution in [1.82, 2.24) is 4.90 Å². The summed E-state index contributed by atoms with van der Waals surface area (Å²) in [6.07, 6.45) is 2.28. The quantitative estimate of drug-likeness (QED) is 0.424. The number of hydrogen-bond acceptors (Lipinski definition) is 6. The Morgan fingerprint density at radius 3 is 2.10 bits per heavy atom. The molecule has 6 heteroatoms. The molecule has 0 heterocycles. The molecule has 1 unspecified atom stereocenters. The molecular formula is C15H34N2O4. The topological polar surface area (TPSA) is 66.2 Å². The van der Waals surface area contributed by atoms with Gasteiger partial charge in [0.15, 0.2) is 0 Å². The summed E-state index contributed by atoms with van der Waals surface area (Å²) in [7, 11) is 3.70. The molecule has 0 saturated heterocycles. The smallest absolute Gasteiger partial charge is 0.0701 e. The van der Waals surface area contributed by atoms with Crippen LogP contribution in [0, 0.1) is 0 Å². The maximum absolute atomic E-state index is 5.87. The van der Waals surface area contributed by atoms with Crippen LogP contribution in [0.15, 0.2) is 0 Å². The van der Waals surface area contributed by atoms with Crippen molar-refractivity contribution in [2.45, 2.75) is 25.8 Å². The summed E-state index contributed by atoms with van der Waals surface area (Å²) in [6.45, 7) is 8.45.